The van der Waals surface area contributed by atoms with Gasteiger partial charge in [-0.15, -0.1) is 11.6 Å². The van der Waals surface area contributed by atoms with Crippen LogP contribution in [-0.2, 0) is 4.79 Å². The lowest BCUT2D eigenvalue weighted by Gasteiger charge is -2.17. The predicted molar refractivity (Wildman–Crippen MR) is 80.7 cm³/mol. The number of benzene rings is 1. The zero-order valence-electron chi connectivity index (χ0n) is 12.1. The Morgan fingerprint density at radius 1 is 1.30 bits per heavy atom. The topological polar surface area (TPSA) is 38.8 Å². The van der Waals surface area contributed by atoms with E-state index in [9.17, 15) is 4.79 Å². The fourth-order valence-corrected chi connectivity index (χ4v) is 1.85. The summed E-state index contributed by atoms with van der Waals surface area (Å²) in [6.45, 7) is 1.26. The summed E-state index contributed by atoms with van der Waals surface area (Å²) in [5.74, 6) is 2.21. The molecule has 0 saturated carbocycles. The van der Waals surface area contributed by atoms with Crippen LogP contribution in [-0.4, -0.2) is 44.0 Å². The minimum Gasteiger partial charge on any atom is -0.497 e. The van der Waals surface area contributed by atoms with E-state index in [1.54, 1.807) is 12.0 Å². The highest BCUT2D eigenvalue weighted by Gasteiger charge is 2.07. The molecule has 0 unspecified atom stereocenters. The first kappa shape index (κ1) is 16.6. The summed E-state index contributed by atoms with van der Waals surface area (Å²) in [4.78, 5) is 13.4. The quantitative estimate of drug-likeness (QED) is 0.520. The number of rotatable bonds is 9. The predicted octanol–water partition coefficient (Wildman–Crippen LogP) is 2.94. The first-order valence-corrected chi connectivity index (χ1v) is 7.27. The number of hydrogen-bond acceptors (Lipinski definition) is 3. The number of carbonyl (C=O) groups excluding carboxylic acids is 1. The molecule has 0 fully saturated rings. The summed E-state index contributed by atoms with van der Waals surface area (Å²) < 4.78 is 10.7. The average molecular weight is 300 g/mol. The minimum absolute atomic E-state index is 0.132. The van der Waals surface area contributed by atoms with Crippen molar-refractivity contribution in [3.63, 3.8) is 0 Å². The van der Waals surface area contributed by atoms with E-state index in [2.05, 4.69) is 0 Å². The Labute approximate surface area is 125 Å². The van der Waals surface area contributed by atoms with Crippen molar-refractivity contribution in [3.05, 3.63) is 24.3 Å². The molecule has 5 heteroatoms. The largest absolute Gasteiger partial charge is 0.497 e. The van der Waals surface area contributed by atoms with Crippen molar-refractivity contribution in [1.29, 1.82) is 0 Å². The van der Waals surface area contributed by atoms with Crippen molar-refractivity contribution in [2.24, 2.45) is 0 Å². The van der Waals surface area contributed by atoms with Crippen LogP contribution in [0.2, 0.25) is 0 Å². The van der Waals surface area contributed by atoms with Gasteiger partial charge < -0.3 is 14.4 Å². The Kier molecular flexibility index (Phi) is 7.88. The molecule has 0 saturated heterocycles. The van der Waals surface area contributed by atoms with E-state index in [4.69, 9.17) is 21.1 Å². The van der Waals surface area contributed by atoms with E-state index >= 15 is 0 Å². The van der Waals surface area contributed by atoms with Gasteiger partial charge in [0.1, 0.15) is 11.5 Å². The summed E-state index contributed by atoms with van der Waals surface area (Å²) in [6.07, 6.45) is 2.03. The number of carbonyl (C=O) groups is 1. The Balaban J connectivity index is 2.22. The maximum atomic E-state index is 11.7. The number of halogens is 1. The SMILES string of the molecule is COc1cccc(OCCCN(C)C(=O)CCCCl)c1. The summed E-state index contributed by atoms with van der Waals surface area (Å²) >= 11 is 5.57. The maximum absolute atomic E-state index is 11.7. The number of ether oxygens (including phenoxy) is 2. The van der Waals surface area contributed by atoms with E-state index in [1.165, 1.54) is 0 Å². The lowest BCUT2D eigenvalue weighted by Crippen LogP contribution is -2.28. The van der Waals surface area contributed by atoms with Crippen LogP contribution in [0.15, 0.2) is 24.3 Å². The van der Waals surface area contributed by atoms with Crippen LogP contribution in [0.5, 0.6) is 11.5 Å². The van der Waals surface area contributed by atoms with Gasteiger partial charge in [0, 0.05) is 32.0 Å². The third-order valence-corrected chi connectivity index (χ3v) is 3.17. The van der Waals surface area contributed by atoms with Gasteiger partial charge in [-0.25, -0.2) is 0 Å². The summed E-state index contributed by atoms with van der Waals surface area (Å²) in [7, 11) is 3.43. The van der Waals surface area contributed by atoms with Crippen LogP contribution < -0.4 is 9.47 Å². The van der Waals surface area contributed by atoms with Crippen LogP contribution in [0.25, 0.3) is 0 Å². The number of hydrogen-bond donors (Lipinski definition) is 0. The Hall–Kier alpha value is -1.42. The van der Waals surface area contributed by atoms with Gasteiger partial charge in [-0.05, 0) is 25.0 Å². The smallest absolute Gasteiger partial charge is 0.222 e. The number of methoxy groups -OCH3 is 1. The molecule has 0 bridgehead atoms. The van der Waals surface area contributed by atoms with Crippen LogP contribution in [0.3, 0.4) is 0 Å². The summed E-state index contributed by atoms with van der Waals surface area (Å²) in [5.41, 5.74) is 0. The van der Waals surface area contributed by atoms with Crippen LogP contribution in [0.4, 0.5) is 0 Å². The molecule has 1 amide bonds. The second-order valence-corrected chi connectivity index (χ2v) is 4.87. The van der Waals surface area contributed by atoms with E-state index in [0.717, 1.165) is 24.3 Å². The summed E-state index contributed by atoms with van der Waals surface area (Å²) in [5, 5.41) is 0. The molecule has 0 N–H and O–H groups in total. The van der Waals surface area contributed by atoms with Crippen molar-refractivity contribution < 1.29 is 14.3 Å². The second kappa shape index (κ2) is 9.48. The number of amides is 1. The van der Waals surface area contributed by atoms with Gasteiger partial charge in [-0.2, -0.15) is 0 Å². The first-order chi connectivity index (χ1) is 9.67. The van der Waals surface area contributed by atoms with Gasteiger partial charge >= 0.3 is 0 Å². The van der Waals surface area contributed by atoms with Crippen molar-refractivity contribution in [2.45, 2.75) is 19.3 Å². The van der Waals surface area contributed by atoms with Gasteiger partial charge in [-0.1, -0.05) is 6.07 Å². The lowest BCUT2D eigenvalue weighted by atomic mass is 10.3. The molecule has 0 radical (unpaired) electrons. The van der Waals surface area contributed by atoms with Crippen LogP contribution >= 0.6 is 11.6 Å². The molecule has 0 aromatic heterocycles. The summed E-state index contributed by atoms with van der Waals surface area (Å²) in [6, 6.07) is 7.49. The molecule has 0 spiro atoms. The maximum Gasteiger partial charge on any atom is 0.222 e. The Morgan fingerprint density at radius 2 is 2.05 bits per heavy atom. The monoisotopic (exact) mass is 299 g/mol. The van der Waals surface area contributed by atoms with Crippen molar-refractivity contribution >= 4 is 17.5 Å². The lowest BCUT2D eigenvalue weighted by molar-refractivity contribution is -0.130. The molecule has 1 aromatic carbocycles. The zero-order valence-corrected chi connectivity index (χ0v) is 12.9. The Bertz CT molecular complexity index is 412. The van der Waals surface area contributed by atoms with E-state index in [0.29, 0.717) is 25.5 Å². The molecular formula is C15H22ClNO3. The van der Waals surface area contributed by atoms with Crippen molar-refractivity contribution in [1.82, 2.24) is 4.90 Å². The molecular weight excluding hydrogens is 278 g/mol. The number of alkyl halides is 1. The van der Waals surface area contributed by atoms with E-state index < -0.39 is 0 Å². The van der Waals surface area contributed by atoms with Gasteiger partial charge in [0.2, 0.25) is 5.91 Å². The van der Waals surface area contributed by atoms with E-state index in [1.807, 2.05) is 31.3 Å². The highest BCUT2D eigenvalue weighted by Crippen LogP contribution is 2.18. The second-order valence-electron chi connectivity index (χ2n) is 4.49. The van der Waals surface area contributed by atoms with Crippen molar-refractivity contribution in [3.8, 4) is 11.5 Å². The molecule has 0 aliphatic carbocycles. The minimum atomic E-state index is 0.132. The fraction of sp³-hybridized carbons (Fsp3) is 0.533. The number of nitrogens with zero attached hydrogens (tertiary/aromatic N) is 1. The van der Waals surface area contributed by atoms with Crippen LogP contribution in [0, 0.1) is 0 Å². The van der Waals surface area contributed by atoms with E-state index in [-0.39, 0.29) is 5.91 Å². The van der Waals surface area contributed by atoms with Crippen molar-refractivity contribution in [2.75, 3.05) is 33.2 Å². The molecule has 1 aromatic rings. The average Bonchev–Trinajstić information content (AvgIpc) is 2.49. The molecule has 0 aliphatic heterocycles. The van der Waals surface area contributed by atoms with Gasteiger partial charge in [-0.3, -0.25) is 4.79 Å². The Morgan fingerprint density at radius 3 is 2.75 bits per heavy atom. The molecule has 1 rings (SSSR count). The molecule has 0 heterocycles. The van der Waals surface area contributed by atoms with Gasteiger partial charge in [0.15, 0.2) is 0 Å². The standard InChI is InChI=1S/C15H22ClNO3/c1-17(15(18)8-4-9-16)10-5-11-20-14-7-3-6-13(12-14)19-2/h3,6-7,12H,4-5,8-11H2,1-2H3. The van der Waals surface area contributed by atoms with Gasteiger partial charge in [0.05, 0.1) is 13.7 Å². The molecule has 112 valence electrons. The fourth-order valence-electron chi connectivity index (χ4n) is 1.72. The highest BCUT2D eigenvalue weighted by molar-refractivity contribution is 6.17. The van der Waals surface area contributed by atoms with Gasteiger partial charge in [0.25, 0.3) is 0 Å². The first-order valence-electron chi connectivity index (χ1n) is 6.74. The third-order valence-electron chi connectivity index (χ3n) is 2.90. The molecule has 20 heavy (non-hydrogen) atoms. The third kappa shape index (κ3) is 6.15. The highest BCUT2D eigenvalue weighted by atomic mass is 35.5. The normalized spacial score (nSPS) is 10.2. The molecule has 4 nitrogen and oxygen atoms in total. The zero-order chi connectivity index (χ0) is 14.8. The van der Waals surface area contributed by atoms with Crippen LogP contribution in [0.1, 0.15) is 19.3 Å². The molecule has 0 atom stereocenters. The molecule has 0 aliphatic rings.